The molecule has 0 heterocycles. The second kappa shape index (κ2) is 4.90. The second-order valence-electron chi connectivity index (χ2n) is 2.69. The van der Waals surface area contributed by atoms with Gasteiger partial charge in [0.25, 0.3) is 0 Å². The Hall–Kier alpha value is -1.17. The van der Waals surface area contributed by atoms with Gasteiger partial charge in [-0.3, -0.25) is 0 Å². The van der Waals surface area contributed by atoms with E-state index < -0.39 is 12.6 Å². The lowest BCUT2D eigenvalue weighted by Gasteiger charge is -2.12. The minimum Gasteiger partial charge on any atom is -0.508 e. The Balaban J connectivity index is 0.00000169. The first-order valence-electron chi connectivity index (χ1n) is 3.67. The summed E-state index contributed by atoms with van der Waals surface area (Å²) in [7, 11) is 0. The first kappa shape index (κ1) is 12.8. The van der Waals surface area contributed by atoms with Crippen LogP contribution in [0.4, 0.5) is 0 Å². The Kier molecular flexibility index (Phi) is 4.49. The number of aromatic hydroxyl groups is 3. The molecule has 0 radical (unpaired) electrons. The topological polar surface area (TPSA) is 107 Å². The zero-order valence-electron chi connectivity index (χ0n) is 7.21. The first-order valence-corrected chi connectivity index (χ1v) is 3.67. The molecule has 80 valence electrons. The maximum absolute atomic E-state index is 9.26. The molecule has 0 aliphatic rings. The molecule has 0 amide bonds. The van der Waals surface area contributed by atoms with Crippen LogP contribution in [0, 0.1) is 0 Å². The van der Waals surface area contributed by atoms with Gasteiger partial charge in [-0.1, -0.05) is 0 Å². The summed E-state index contributed by atoms with van der Waals surface area (Å²) in [6, 6.07) is 1.23. The molecule has 0 unspecified atom stereocenters. The Morgan fingerprint density at radius 1 is 1.14 bits per heavy atom. The summed E-state index contributed by atoms with van der Waals surface area (Å²) in [4.78, 5) is 0. The quantitative estimate of drug-likeness (QED) is 0.491. The SMILES string of the molecule is Cl.N[C@@H](CO)c1c(O)cc(O)cc1O. The predicted molar refractivity (Wildman–Crippen MR) is 52.7 cm³/mol. The van der Waals surface area contributed by atoms with Crippen LogP contribution >= 0.6 is 12.4 Å². The van der Waals surface area contributed by atoms with Crippen molar-refractivity contribution in [2.24, 2.45) is 5.73 Å². The van der Waals surface area contributed by atoms with Gasteiger partial charge >= 0.3 is 0 Å². The molecule has 0 aromatic heterocycles. The minimum atomic E-state index is -0.861. The van der Waals surface area contributed by atoms with Gasteiger partial charge < -0.3 is 26.2 Å². The summed E-state index contributed by atoms with van der Waals surface area (Å²) in [5, 5.41) is 36.2. The lowest BCUT2D eigenvalue weighted by Crippen LogP contribution is -2.14. The van der Waals surface area contributed by atoms with Crippen molar-refractivity contribution < 1.29 is 20.4 Å². The Labute approximate surface area is 86.8 Å². The molecule has 5 nitrogen and oxygen atoms in total. The Bertz CT molecular complexity index is 295. The van der Waals surface area contributed by atoms with Gasteiger partial charge in [-0.25, -0.2) is 0 Å². The van der Waals surface area contributed by atoms with E-state index >= 15 is 0 Å². The van der Waals surface area contributed by atoms with E-state index in [1.54, 1.807) is 0 Å². The van der Waals surface area contributed by atoms with Crippen molar-refractivity contribution in [1.82, 2.24) is 0 Å². The van der Waals surface area contributed by atoms with Crippen LogP contribution in [-0.4, -0.2) is 27.0 Å². The molecular weight excluding hydrogens is 210 g/mol. The van der Waals surface area contributed by atoms with Crippen LogP contribution in [0.2, 0.25) is 0 Å². The number of phenolic OH excluding ortho intramolecular Hbond substituents is 3. The molecule has 6 N–H and O–H groups in total. The fourth-order valence-electron chi connectivity index (χ4n) is 1.08. The van der Waals surface area contributed by atoms with Crippen LogP contribution in [0.25, 0.3) is 0 Å². The van der Waals surface area contributed by atoms with Gasteiger partial charge in [-0.05, 0) is 0 Å². The number of nitrogens with two attached hydrogens (primary N) is 1. The van der Waals surface area contributed by atoms with E-state index in [1.165, 1.54) is 0 Å². The van der Waals surface area contributed by atoms with Crippen LogP contribution in [0.5, 0.6) is 17.2 Å². The third kappa shape index (κ3) is 2.41. The van der Waals surface area contributed by atoms with E-state index in [0.29, 0.717) is 0 Å². The minimum absolute atomic E-state index is 0. The molecule has 14 heavy (non-hydrogen) atoms. The number of aliphatic hydroxyl groups excluding tert-OH is 1. The molecule has 1 rings (SSSR count). The highest BCUT2D eigenvalue weighted by atomic mass is 35.5. The number of rotatable bonds is 2. The molecule has 1 aromatic carbocycles. The Morgan fingerprint density at radius 2 is 1.57 bits per heavy atom. The third-order valence-corrected chi connectivity index (χ3v) is 1.69. The molecule has 0 aliphatic carbocycles. The van der Waals surface area contributed by atoms with Crippen molar-refractivity contribution >= 4 is 12.4 Å². The third-order valence-electron chi connectivity index (χ3n) is 1.69. The first-order chi connectivity index (χ1) is 6.06. The van der Waals surface area contributed by atoms with E-state index in [1.807, 2.05) is 0 Å². The predicted octanol–water partition coefficient (Wildman–Crippen LogP) is 0.217. The summed E-state index contributed by atoms with van der Waals surface area (Å²) in [6.45, 7) is -0.397. The zero-order chi connectivity index (χ0) is 10.0. The van der Waals surface area contributed by atoms with Crippen molar-refractivity contribution in [1.29, 1.82) is 0 Å². The van der Waals surface area contributed by atoms with Crippen LogP contribution in [0.15, 0.2) is 12.1 Å². The molecule has 1 aromatic rings. The molecule has 0 saturated heterocycles. The monoisotopic (exact) mass is 221 g/mol. The van der Waals surface area contributed by atoms with E-state index in [-0.39, 0.29) is 35.2 Å². The number of phenols is 3. The van der Waals surface area contributed by atoms with E-state index in [2.05, 4.69) is 0 Å². The largest absolute Gasteiger partial charge is 0.508 e. The van der Waals surface area contributed by atoms with E-state index in [9.17, 15) is 10.2 Å². The number of halogens is 1. The summed E-state index contributed by atoms with van der Waals surface area (Å²) in [5.74, 6) is -0.929. The summed E-state index contributed by atoms with van der Waals surface area (Å²) < 4.78 is 0. The van der Waals surface area contributed by atoms with Gasteiger partial charge in [0.15, 0.2) is 0 Å². The lowest BCUT2D eigenvalue weighted by molar-refractivity contribution is 0.262. The summed E-state index contributed by atoms with van der Waals surface area (Å²) >= 11 is 0. The number of hydrogen-bond acceptors (Lipinski definition) is 5. The number of aliphatic hydroxyl groups is 1. The van der Waals surface area contributed by atoms with Gasteiger partial charge in [-0.15, -0.1) is 12.4 Å². The number of benzene rings is 1. The average Bonchev–Trinajstić information content (AvgIpc) is 2.02. The van der Waals surface area contributed by atoms with Gasteiger partial charge in [-0.2, -0.15) is 0 Å². The maximum atomic E-state index is 9.26. The highest BCUT2D eigenvalue weighted by molar-refractivity contribution is 5.85. The van der Waals surface area contributed by atoms with Crippen LogP contribution < -0.4 is 5.73 Å². The average molecular weight is 222 g/mol. The van der Waals surface area contributed by atoms with Crippen molar-refractivity contribution in [2.75, 3.05) is 6.61 Å². The van der Waals surface area contributed by atoms with Crippen molar-refractivity contribution in [2.45, 2.75) is 6.04 Å². The molecule has 0 aliphatic heterocycles. The highest BCUT2D eigenvalue weighted by Crippen LogP contribution is 2.35. The van der Waals surface area contributed by atoms with Gasteiger partial charge in [0.1, 0.15) is 17.2 Å². The van der Waals surface area contributed by atoms with Crippen LogP contribution in [0.1, 0.15) is 11.6 Å². The molecule has 0 saturated carbocycles. The fraction of sp³-hybridized carbons (Fsp3) is 0.250. The highest BCUT2D eigenvalue weighted by Gasteiger charge is 2.15. The molecule has 0 fully saturated rings. The zero-order valence-corrected chi connectivity index (χ0v) is 8.03. The Morgan fingerprint density at radius 3 is 1.93 bits per heavy atom. The molecule has 6 heteroatoms. The summed E-state index contributed by atoms with van der Waals surface area (Å²) in [6.07, 6.45) is 0. The molecular formula is C8H12ClNO4. The standard InChI is InChI=1S/C8H11NO4.ClH/c9-5(3-10)8-6(12)1-4(11)2-7(8)13;/h1-2,5,10-13H,3,9H2;1H/t5-;/m0./s1. The maximum Gasteiger partial charge on any atom is 0.127 e. The van der Waals surface area contributed by atoms with Gasteiger partial charge in [0.2, 0.25) is 0 Å². The molecule has 0 spiro atoms. The van der Waals surface area contributed by atoms with E-state index in [0.717, 1.165) is 12.1 Å². The fourth-order valence-corrected chi connectivity index (χ4v) is 1.08. The van der Waals surface area contributed by atoms with Crippen molar-refractivity contribution in [3.63, 3.8) is 0 Å². The smallest absolute Gasteiger partial charge is 0.127 e. The van der Waals surface area contributed by atoms with Crippen molar-refractivity contribution in [3.8, 4) is 17.2 Å². The molecule has 0 bridgehead atoms. The van der Waals surface area contributed by atoms with Gasteiger partial charge in [0, 0.05) is 12.1 Å². The normalized spacial score (nSPS) is 11.9. The number of hydrogen-bond donors (Lipinski definition) is 5. The molecule has 1 atom stereocenters. The van der Waals surface area contributed by atoms with Crippen LogP contribution in [-0.2, 0) is 0 Å². The van der Waals surface area contributed by atoms with Gasteiger partial charge in [0.05, 0.1) is 18.2 Å². The lowest BCUT2D eigenvalue weighted by atomic mass is 10.1. The van der Waals surface area contributed by atoms with Crippen LogP contribution in [0.3, 0.4) is 0 Å². The summed E-state index contributed by atoms with van der Waals surface area (Å²) in [5.41, 5.74) is 5.42. The van der Waals surface area contributed by atoms with Crippen molar-refractivity contribution in [3.05, 3.63) is 17.7 Å². The second-order valence-corrected chi connectivity index (χ2v) is 2.69. The van der Waals surface area contributed by atoms with E-state index in [4.69, 9.17) is 15.9 Å².